The SMILES string of the molecule is CC(CCC(=O)O)NC(=O)c1cccc(S(=O)(=O)N2CCCCC2C)c1. The van der Waals surface area contributed by atoms with Crippen LogP contribution in [0.4, 0.5) is 0 Å². The molecular weight excluding hydrogens is 356 g/mol. The van der Waals surface area contributed by atoms with Gasteiger partial charge in [-0.15, -0.1) is 0 Å². The van der Waals surface area contributed by atoms with Crippen LogP contribution < -0.4 is 5.32 Å². The lowest BCUT2D eigenvalue weighted by atomic mass is 10.1. The first-order valence-electron chi connectivity index (χ1n) is 8.86. The molecule has 1 fully saturated rings. The molecule has 2 N–H and O–H groups in total. The minimum atomic E-state index is -3.64. The van der Waals surface area contributed by atoms with E-state index in [9.17, 15) is 18.0 Å². The summed E-state index contributed by atoms with van der Waals surface area (Å²) in [6.45, 7) is 4.11. The number of sulfonamides is 1. The zero-order valence-electron chi connectivity index (χ0n) is 15.1. The largest absolute Gasteiger partial charge is 0.481 e. The van der Waals surface area contributed by atoms with E-state index >= 15 is 0 Å². The Balaban J connectivity index is 2.14. The number of piperidine rings is 1. The van der Waals surface area contributed by atoms with Gasteiger partial charge in [0.15, 0.2) is 0 Å². The van der Waals surface area contributed by atoms with Crippen LogP contribution in [-0.2, 0) is 14.8 Å². The zero-order valence-corrected chi connectivity index (χ0v) is 16.0. The summed E-state index contributed by atoms with van der Waals surface area (Å²) in [5.41, 5.74) is 0.248. The summed E-state index contributed by atoms with van der Waals surface area (Å²) in [5, 5.41) is 11.4. The number of aliphatic carboxylic acids is 1. The monoisotopic (exact) mass is 382 g/mol. The zero-order chi connectivity index (χ0) is 19.3. The summed E-state index contributed by atoms with van der Waals surface area (Å²) < 4.78 is 27.3. The van der Waals surface area contributed by atoms with Gasteiger partial charge in [0, 0.05) is 30.6 Å². The Morgan fingerprint density at radius 3 is 2.73 bits per heavy atom. The van der Waals surface area contributed by atoms with E-state index < -0.39 is 21.9 Å². The molecule has 2 rings (SSSR count). The quantitative estimate of drug-likeness (QED) is 0.753. The highest BCUT2D eigenvalue weighted by atomic mass is 32.2. The molecule has 0 aliphatic carbocycles. The number of hydrogen-bond acceptors (Lipinski definition) is 4. The summed E-state index contributed by atoms with van der Waals surface area (Å²) in [7, 11) is -3.64. The lowest BCUT2D eigenvalue weighted by Gasteiger charge is -2.32. The van der Waals surface area contributed by atoms with Gasteiger partial charge in [-0.05, 0) is 51.3 Å². The molecule has 0 spiro atoms. The molecule has 0 saturated carbocycles. The second kappa shape index (κ2) is 8.64. The Hall–Kier alpha value is -1.93. The third-order valence-electron chi connectivity index (χ3n) is 4.61. The van der Waals surface area contributed by atoms with Gasteiger partial charge in [-0.3, -0.25) is 9.59 Å². The molecule has 0 radical (unpaired) electrons. The van der Waals surface area contributed by atoms with Gasteiger partial charge in [0.25, 0.3) is 5.91 Å². The number of carboxylic acids is 1. The highest BCUT2D eigenvalue weighted by Gasteiger charge is 2.31. The van der Waals surface area contributed by atoms with Crippen LogP contribution in [0.25, 0.3) is 0 Å². The highest BCUT2D eigenvalue weighted by Crippen LogP contribution is 2.25. The lowest BCUT2D eigenvalue weighted by Crippen LogP contribution is -2.42. The molecule has 7 nitrogen and oxygen atoms in total. The van der Waals surface area contributed by atoms with Crippen molar-refractivity contribution < 1.29 is 23.1 Å². The van der Waals surface area contributed by atoms with Gasteiger partial charge in [-0.2, -0.15) is 4.31 Å². The molecule has 1 aromatic rings. The minimum absolute atomic E-state index is 0.0390. The first-order chi connectivity index (χ1) is 12.2. The molecule has 1 aliphatic rings. The summed E-state index contributed by atoms with van der Waals surface area (Å²) >= 11 is 0. The van der Waals surface area contributed by atoms with E-state index in [0.29, 0.717) is 13.0 Å². The number of nitrogens with one attached hydrogen (secondary N) is 1. The number of nitrogens with zero attached hydrogens (tertiary/aromatic N) is 1. The summed E-state index contributed by atoms with van der Waals surface area (Å²) in [6, 6.07) is 5.62. The molecule has 144 valence electrons. The van der Waals surface area contributed by atoms with Crippen molar-refractivity contribution in [3.63, 3.8) is 0 Å². The maximum atomic E-state index is 12.9. The van der Waals surface area contributed by atoms with Crippen molar-refractivity contribution in [2.24, 2.45) is 0 Å². The van der Waals surface area contributed by atoms with E-state index in [1.807, 2.05) is 6.92 Å². The van der Waals surface area contributed by atoms with Crippen molar-refractivity contribution in [3.05, 3.63) is 29.8 Å². The average Bonchev–Trinajstić information content (AvgIpc) is 2.60. The predicted octanol–water partition coefficient (Wildman–Crippen LogP) is 2.23. The molecule has 26 heavy (non-hydrogen) atoms. The minimum Gasteiger partial charge on any atom is -0.481 e. The van der Waals surface area contributed by atoms with Crippen LogP contribution in [0.15, 0.2) is 29.2 Å². The van der Waals surface area contributed by atoms with Gasteiger partial charge in [-0.1, -0.05) is 12.5 Å². The Kier molecular flexibility index (Phi) is 6.77. The number of benzene rings is 1. The van der Waals surface area contributed by atoms with Gasteiger partial charge in [0.1, 0.15) is 0 Å². The second-order valence-corrected chi connectivity index (χ2v) is 8.69. The number of carbonyl (C=O) groups excluding carboxylic acids is 1. The number of rotatable bonds is 7. The van der Waals surface area contributed by atoms with Crippen LogP contribution >= 0.6 is 0 Å². The van der Waals surface area contributed by atoms with Crippen LogP contribution in [0.5, 0.6) is 0 Å². The molecule has 1 heterocycles. The van der Waals surface area contributed by atoms with Crippen LogP contribution in [0.1, 0.15) is 56.3 Å². The topological polar surface area (TPSA) is 104 Å². The predicted molar refractivity (Wildman–Crippen MR) is 97.4 cm³/mol. The molecule has 0 bridgehead atoms. The molecule has 1 aliphatic heterocycles. The van der Waals surface area contributed by atoms with Crippen molar-refractivity contribution in [3.8, 4) is 0 Å². The van der Waals surface area contributed by atoms with E-state index in [1.165, 1.54) is 16.4 Å². The molecule has 1 amide bonds. The van der Waals surface area contributed by atoms with E-state index in [0.717, 1.165) is 19.3 Å². The van der Waals surface area contributed by atoms with E-state index in [-0.39, 0.29) is 29.0 Å². The molecule has 2 unspecified atom stereocenters. The Bertz CT molecular complexity index is 763. The summed E-state index contributed by atoms with van der Waals surface area (Å²) in [5.74, 6) is -1.33. The summed E-state index contributed by atoms with van der Waals surface area (Å²) in [4.78, 5) is 23.1. The maximum Gasteiger partial charge on any atom is 0.303 e. The Morgan fingerprint density at radius 1 is 1.35 bits per heavy atom. The number of amides is 1. The van der Waals surface area contributed by atoms with Crippen LogP contribution in [0.3, 0.4) is 0 Å². The third-order valence-corrected chi connectivity index (χ3v) is 6.62. The normalized spacial score (nSPS) is 19.7. The maximum absolute atomic E-state index is 12.9. The first kappa shape index (κ1) is 20.4. The van der Waals surface area contributed by atoms with Crippen molar-refractivity contribution in [1.29, 1.82) is 0 Å². The third kappa shape index (κ3) is 5.04. The van der Waals surface area contributed by atoms with Gasteiger partial charge < -0.3 is 10.4 Å². The molecule has 8 heteroatoms. The molecular formula is C18H26N2O5S. The fraction of sp³-hybridized carbons (Fsp3) is 0.556. The lowest BCUT2D eigenvalue weighted by molar-refractivity contribution is -0.137. The fourth-order valence-electron chi connectivity index (χ4n) is 3.08. The number of hydrogen-bond donors (Lipinski definition) is 2. The van der Waals surface area contributed by atoms with Crippen molar-refractivity contribution in [2.75, 3.05) is 6.54 Å². The van der Waals surface area contributed by atoms with Gasteiger partial charge in [-0.25, -0.2) is 8.42 Å². The van der Waals surface area contributed by atoms with Crippen molar-refractivity contribution >= 4 is 21.9 Å². The summed E-state index contributed by atoms with van der Waals surface area (Å²) in [6.07, 6.45) is 2.96. The molecule has 1 aromatic carbocycles. The molecule has 2 atom stereocenters. The highest BCUT2D eigenvalue weighted by molar-refractivity contribution is 7.89. The first-order valence-corrected chi connectivity index (χ1v) is 10.3. The van der Waals surface area contributed by atoms with E-state index in [2.05, 4.69) is 5.32 Å². The fourth-order valence-corrected chi connectivity index (χ4v) is 4.83. The molecule has 0 aromatic heterocycles. The van der Waals surface area contributed by atoms with Crippen LogP contribution in [0, 0.1) is 0 Å². The smallest absolute Gasteiger partial charge is 0.303 e. The van der Waals surface area contributed by atoms with Crippen molar-refractivity contribution in [2.45, 2.75) is 62.9 Å². The number of carbonyl (C=O) groups is 2. The molecule has 1 saturated heterocycles. The van der Waals surface area contributed by atoms with Crippen LogP contribution in [0.2, 0.25) is 0 Å². The standard InChI is InChI=1S/C18H26N2O5S/c1-13(9-10-17(21)22)19-18(23)15-7-5-8-16(12-15)26(24,25)20-11-4-3-6-14(20)2/h5,7-8,12-14H,3-4,6,9-11H2,1-2H3,(H,19,23)(H,21,22). The number of carboxylic acid groups (broad SMARTS) is 1. The van der Waals surface area contributed by atoms with Crippen LogP contribution in [-0.4, -0.2) is 48.3 Å². The Morgan fingerprint density at radius 2 is 2.08 bits per heavy atom. The van der Waals surface area contributed by atoms with Gasteiger partial charge in [0.2, 0.25) is 10.0 Å². The van der Waals surface area contributed by atoms with Crippen molar-refractivity contribution in [1.82, 2.24) is 9.62 Å². The van der Waals surface area contributed by atoms with E-state index in [1.54, 1.807) is 19.1 Å². The Labute approximate surface area is 154 Å². The van der Waals surface area contributed by atoms with Gasteiger partial charge >= 0.3 is 5.97 Å². The van der Waals surface area contributed by atoms with E-state index in [4.69, 9.17) is 5.11 Å². The second-order valence-electron chi connectivity index (χ2n) is 6.80. The van der Waals surface area contributed by atoms with Gasteiger partial charge in [0.05, 0.1) is 4.90 Å². The average molecular weight is 382 g/mol.